The minimum absolute atomic E-state index is 0.151. The molecule has 0 amide bonds. The average molecular weight is 348 g/mol. The van der Waals surface area contributed by atoms with E-state index in [1.54, 1.807) is 13.2 Å². The maximum absolute atomic E-state index is 10.4. The van der Waals surface area contributed by atoms with Gasteiger partial charge in [0.15, 0.2) is 35.4 Å². The van der Waals surface area contributed by atoms with Crippen LogP contribution in [0.1, 0.15) is 5.56 Å². The van der Waals surface area contributed by atoms with E-state index in [-0.39, 0.29) is 5.75 Å². The molecule has 0 saturated carbocycles. The molecular formula is C21H18NO4+. The number of phenols is 1. The van der Waals surface area contributed by atoms with Crippen LogP contribution in [0.25, 0.3) is 27.1 Å². The van der Waals surface area contributed by atoms with Crippen molar-refractivity contribution in [2.45, 2.75) is 6.92 Å². The number of ether oxygens (including phenoxy) is 3. The molecular weight excluding hydrogens is 330 g/mol. The Bertz CT molecular complexity index is 1200. The number of rotatable bonds is 1. The van der Waals surface area contributed by atoms with E-state index >= 15 is 0 Å². The monoisotopic (exact) mass is 348 g/mol. The lowest BCUT2D eigenvalue weighted by molar-refractivity contribution is -0.509. The molecule has 1 aliphatic heterocycles. The van der Waals surface area contributed by atoms with Crippen molar-refractivity contribution in [2.24, 2.45) is 0 Å². The number of hydrogen-bond donors (Lipinski definition) is 1. The van der Waals surface area contributed by atoms with E-state index in [1.807, 2.05) is 28.9 Å². The van der Waals surface area contributed by atoms with Gasteiger partial charge in [-0.3, -0.25) is 0 Å². The summed E-state index contributed by atoms with van der Waals surface area (Å²) in [4.78, 5) is 0. The van der Waals surface area contributed by atoms with E-state index < -0.39 is 0 Å². The Balaban J connectivity index is 1.89. The van der Waals surface area contributed by atoms with Crippen molar-refractivity contribution in [1.29, 1.82) is 0 Å². The van der Waals surface area contributed by atoms with Crippen molar-refractivity contribution in [2.75, 3.05) is 20.3 Å². The molecule has 1 N–H and O–H groups in total. The molecule has 4 aromatic rings. The minimum Gasteiger partial charge on any atom is -0.504 e. The van der Waals surface area contributed by atoms with Gasteiger partial charge in [0.1, 0.15) is 13.2 Å². The van der Waals surface area contributed by atoms with Crippen molar-refractivity contribution in [3.63, 3.8) is 0 Å². The third-order valence-electron chi connectivity index (χ3n) is 5.07. The smallest absolute Gasteiger partial charge is 0.219 e. The van der Waals surface area contributed by atoms with E-state index in [0.717, 1.165) is 44.1 Å². The zero-order valence-electron chi connectivity index (χ0n) is 14.6. The number of pyridine rings is 2. The zero-order valence-corrected chi connectivity index (χ0v) is 14.6. The van der Waals surface area contributed by atoms with Crippen LogP contribution in [0, 0.1) is 6.92 Å². The van der Waals surface area contributed by atoms with Gasteiger partial charge in [-0.05, 0) is 30.5 Å². The molecule has 0 spiro atoms. The molecule has 5 rings (SSSR count). The largest absolute Gasteiger partial charge is 0.504 e. The summed E-state index contributed by atoms with van der Waals surface area (Å²) in [6.45, 7) is 3.20. The van der Waals surface area contributed by atoms with Crippen molar-refractivity contribution >= 4 is 27.1 Å². The highest BCUT2D eigenvalue weighted by Gasteiger charge is 2.21. The van der Waals surface area contributed by atoms with Crippen LogP contribution in [0.5, 0.6) is 23.0 Å². The molecule has 130 valence electrons. The second kappa shape index (κ2) is 5.39. The summed E-state index contributed by atoms with van der Waals surface area (Å²) >= 11 is 0. The maximum atomic E-state index is 10.4. The van der Waals surface area contributed by atoms with Crippen molar-refractivity contribution in [3.05, 3.63) is 48.3 Å². The van der Waals surface area contributed by atoms with Gasteiger partial charge in [-0.25, -0.2) is 0 Å². The summed E-state index contributed by atoms with van der Waals surface area (Å²) in [5.74, 6) is 2.23. The van der Waals surface area contributed by atoms with Crippen molar-refractivity contribution < 1.29 is 23.7 Å². The highest BCUT2D eigenvalue weighted by molar-refractivity contribution is 6.01. The van der Waals surface area contributed by atoms with Gasteiger partial charge in [0.25, 0.3) is 0 Å². The molecule has 5 nitrogen and oxygen atoms in total. The summed E-state index contributed by atoms with van der Waals surface area (Å²) < 4.78 is 18.9. The normalized spacial score (nSPS) is 13.5. The van der Waals surface area contributed by atoms with Crippen LogP contribution in [0.4, 0.5) is 0 Å². The lowest BCUT2D eigenvalue weighted by atomic mass is 10.0. The highest BCUT2D eigenvalue weighted by atomic mass is 16.6. The molecule has 0 radical (unpaired) electrons. The topological polar surface area (TPSA) is 52.0 Å². The Hall–Kier alpha value is -3.21. The van der Waals surface area contributed by atoms with Crippen LogP contribution in [-0.2, 0) is 0 Å². The first-order chi connectivity index (χ1) is 12.7. The van der Waals surface area contributed by atoms with Gasteiger partial charge in [0.05, 0.1) is 17.9 Å². The fourth-order valence-electron chi connectivity index (χ4n) is 3.75. The fraction of sp³-hybridized carbons (Fsp3) is 0.190. The van der Waals surface area contributed by atoms with Crippen molar-refractivity contribution in [1.82, 2.24) is 0 Å². The molecule has 0 saturated heterocycles. The van der Waals surface area contributed by atoms with Gasteiger partial charge in [0.2, 0.25) is 5.52 Å². The summed E-state index contributed by atoms with van der Waals surface area (Å²) in [5.41, 5.74) is 2.12. The number of benzene rings is 2. The summed E-state index contributed by atoms with van der Waals surface area (Å²) in [7, 11) is 1.55. The van der Waals surface area contributed by atoms with Gasteiger partial charge in [-0.15, -0.1) is 0 Å². The molecule has 0 aliphatic carbocycles. The van der Waals surface area contributed by atoms with Gasteiger partial charge < -0.3 is 19.3 Å². The Kier molecular flexibility index (Phi) is 3.13. The Morgan fingerprint density at radius 1 is 1.04 bits per heavy atom. The first-order valence-corrected chi connectivity index (χ1v) is 8.54. The van der Waals surface area contributed by atoms with Crippen LogP contribution >= 0.6 is 0 Å². The van der Waals surface area contributed by atoms with Crippen LogP contribution < -0.4 is 18.6 Å². The van der Waals surface area contributed by atoms with Crippen molar-refractivity contribution in [3.8, 4) is 23.0 Å². The molecule has 0 fully saturated rings. The molecule has 2 aromatic carbocycles. The lowest BCUT2D eigenvalue weighted by Crippen LogP contribution is -2.21. The minimum atomic E-state index is 0.151. The number of fused-ring (bicyclic) bond motifs is 5. The van der Waals surface area contributed by atoms with E-state index in [0.29, 0.717) is 19.0 Å². The number of hydrogen-bond acceptors (Lipinski definition) is 4. The van der Waals surface area contributed by atoms with Crippen LogP contribution in [0.15, 0.2) is 42.7 Å². The van der Waals surface area contributed by atoms with Crippen LogP contribution in [0.3, 0.4) is 0 Å². The predicted octanol–water partition coefficient (Wildman–Crippen LogP) is 3.53. The van der Waals surface area contributed by atoms with Crippen LogP contribution in [-0.4, -0.2) is 25.4 Å². The predicted molar refractivity (Wildman–Crippen MR) is 98.6 cm³/mol. The number of methoxy groups -OCH3 is 1. The molecule has 0 bridgehead atoms. The van der Waals surface area contributed by atoms with E-state index in [4.69, 9.17) is 14.2 Å². The lowest BCUT2D eigenvalue weighted by Gasteiger charge is -2.21. The van der Waals surface area contributed by atoms with Gasteiger partial charge in [-0.1, -0.05) is 0 Å². The van der Waals surface area contributed by atoms with Gasteiger partial charge in [-0.2, -0.15) is 4.40 Å². The quantitative estimate of drug-likeness (QED) is 0.325. The highest BCUT2D eigenvalue weighted by Crippen LogP contribution is 2.40. The Labute approximate surface area is 150 Å². The maximum Gasteiger partial charge on any atom is 0.219 e. The molecule has 0 unspecified atom stereocenters. The first kappa shape index (κ1) is 15.1. The Morgan fingerprint density at radius 3 is 2.73 bits per heavy atom. The van der Waals surface area contributed by atoms with E-state index in [1.165, 1.54) is 0 Å². The zero-order chi connectivity index (χ0) is 17.8. The Morgan fingerprint density at radius 2 is 1.88 bits per heavy atom. The van der Waals surface area contributed by atoms with E-state index in [2.05, 4.69) is 19.1 Å². The molecule has 5 heteroatoms. The summed E-state index contributed by atoms with van der Waals surface area (Å²) in [6, 6.07) is 9.92. The molecule has 3 heterocycles. The van der Waals surface area contributed by atoms with E-state index in [9.17, 15) is 5.11 Å². The first-order valence-electron chi connectivity index (χ1n) is 8.54. The molecule has 2 aromatic heterocycles. The second-order valence-corrected chi connectivity index (χ2v) is 6.49. The third-order valence-corrected chi connectivity index (χ3v) is 5.07. The molecule has 26 heavy (non-hydrogen) atoms. The SMILES string of the molecule is COc1ccc2cc3c4cc5c(c(C)c4cc[n+]3cc2c1O)OCCO5. The average Bonchev–Trinajstić information content (AvgIpc) is 2.67. The number of aromatic nitrogens is 1. The van der Waals surface area contributed by atoms with Gasteiger partial charge in [0, 0.05) is 23.1 Å². The second-order valence-electron chi connectivity index (χ2n) is 6.49. The van der Waals surface area contributed by atoms with Crippen LogP contribution in [0.2, 0.25) is 0 Å². The summed E-state index contributed by atoms with van der Waals surface area (Å²) in [5, 5.41) is 14.4. The number of phenolic OH excluding ortho intramolecular Hbond substituents is 1. The molecule has 0 atom stereocenters. The summed E-state index contributed by atoms with van der Waals surface area (Å²) in [6.07, 6.45) is 3.92. The molecule has 1 aliphatic rings. The third kappa shape index (κ3) is 2.00. The number of aromatic hydroxyl groups is 1. The number of aryl methyl sites for hydroxylation is 1. The fourth-order valence-corrected chi connectivity index (χ4v) is 3.75. The number of nitrogens with zero attached hydrogens (tertiary/aromatic N) is 1. The van der Waals surface area contributed by atoms with Gasteiger partial charge >= 0.3 is 0 Å². The standard InChI is InChI=1S/C21H17NO4/c1-12-14-5-6-22-11-16-13(3-4-18(24-2)20(16)23)9-17(22)15(14)10-19-21(12)26-8-7-25-19/h3-6,9-11H,7-8H2,1-2H3/p+1.